The van der Waals surface area contributed by atoms with Crippen LogP contribution < -0.4 is 5.32 Å². The molecule has 1 N–H and O–H groups in total. The van der Waals surface area contributed by atoms with Crippen LogP contribution in [0.2, 0.25) is 0 Å². The molecular weight excluding hydrogens is 332 g/mol. The maximum atomic E-state index is 13.5. The number of rotatable bonds is 5. The number of nitro benzene ring substituents is 1. The quantitative estimate of drug-likeness (QED) is 0.298. The number of para-hydroxylation sites is 1. The van der Waals surface area contributed by atoms with Crippen LogP contribution in [0.1, 0.15) is 15.9 Å². The Morgan fingerprint density at radius 2 is 1.75 bits per heavy atom. The van der Waals surface area contributed by atoms with E-state index in [0.29, 0.717) is 5.56 Å². The summed E-state index contributed by atoms with van der Waals surface area (Å²) in [6.45, 7) is -0.149. The maximum absolute atomic E-state index is 13.5. The highest BCUT2D eigenvalue weighted by Gasteiger charge is 2.23. The van der Waals surface area contributed by atoms with Gasteiger partial charge in [-0.2, -0.15) is 0 Å². The Bertz CT molecular complexity index is 812. The van der Waals surface area contributed by atoms with Crippen LogP contribution in [0.4, 0.5) is 23.2 Å². The molecule has 0 aliphatic carbocycles. The average molecular weight is 342 g/mol. The molecule has 0 spiro atoms. The van der Waals surface area contributed by atoms with E-state index in [1.807, 2.05) is 0 Å². The molecule has 0 aliphatic rings. The van der Waals surface area contributed by atoms with Crippen LogP contribution in [0.5, 0.6) is 0 Å². The van der Waals surface area contributed by atoms with Crippen LogP contribution in [0, 0.1) is 33.4 Å². The van der Waals surface area contributed by atoms with E-state index in [9.17, 15) is 32.5 Å². The molecule has 0 bridgehead atoms. The zero-order valence-electron chi connectivity index (χ0n) is 12.0. The fourth-order valence-electron chi connectivity index (χ4n) is 2.04. The Labute approximate surface area is 133 Å². The summed E-state index contributed by atoms with van der Waals surface area (Å²) >= 11 is 0. The van der Waals surface area contributed by atoms with Crippen molar-refractivity contribution in [2.75, 3.05) is 6.54 Å². The van der Waals surface area contributed by atoms with Crippen LogP contribution in [0.3, 0.4) is 0 Å². The minimum Gasteiger partial charge on any atom is -0.352 e. The number of nitrogens with zero attached hydrogens (tertiary/aromatic N) is 1. The van der Waals surface area contributed by atoms with E-state index in [1.54, 1.807) is 6.07 Å². The van der Waals surface area contributed by atoms with E-state index in [1.165, 1.54) is 18.2 Å². The fraction of sp³-hybridized carbons (Fsp3) is 0.133. The van der Waals surface area contributed by atoms with Gasteiger partial charge in [0.15, 0.2) is 23.3 Å². The molecule has 1 amide bonds. The number of halogens is 4. The SMILES string of the molecule is O=C(NCCc1ccccc1[N+](=O)[O-])c1cc(F)c(F)c(F)c1F. The summed E-state index contributed by atoms with van der Waals surface area (Å²) in [7, 11) is 0. The van der Waals surface area contributed by atoms with Crippen molar-refractivity contribution in [1.29, 1.82) is 0 Å². The molecule has 126 valence electrons. The monoisotopic (exact) mass is 342 g/mol. The summed E-state index contributed by atoms with van der Waals surface area (Å²) in [6.07, 6.45) is 0.0384. The summed E-state index contributed by atoms with van der Waals surface area (Å²) in [5.74, 6) is -8.76. The molecule has 0 fully saturated rings. The lowest BCUT2D eigenvalue weighted by Gasteiger charge is -2.08. The second-order valence-corrected chi connectivity index (χ2v) is 4.74. The molecule has 0 unspecified atom stereocenters. The number of benzene rings is 2. The molecule has 0 saturated heterocycles. The molecule has 2 rings (SSSR count). The van der Waals surface area contributed by atoms with E-state index in [-0.39, 0.29) is 24.7 Å². The second-order valence-electron chi connectivity index (χ2n) is 4.74. The van der Waals surface area contributed by atoms with E-state index in [4.69, 9.17) is 0 Å². The Kier molecular flexibility index (Phi) is 5.12. The van der Waals surface area contributed by atoms with Crippen LogP contribution in [-0.2, 0) is 6.42 Å². The van der Waals surface area contributed by atoms with E-state index in [0.717, 1.165) is 0 Å². The molecule has 0 aromatic heterocycles. The van der Waals surface area contributed by atoms with Crippen molar-refractivity contribution in [1.82, 2.24) is 5.32 Å². The van der Waals surface area contributed by atoms with E-state index in [2.05, 4.69) is 5.32 Å². The number of carbonyl (C=O) groups is 1. The summed E-state index contributed by atoms with van der Waals surface area (Å²) in [4.78, 5) is 22.0. The van der Waals surface area contributed by atoms with Gasteiger partial charge in [-0.25, -0.2) is 17.6 Å². The number of hydrogen-bond donors (Lipinski definition) is 1. The minimum absolute atomic E-state index is 0.0384. The Morgan fingerprint density at radius 3 is 2.42 bits per heavy atom. The molecular formula is C15H10F4N2O3. The molecule has 24 heavy (non-hydrogen) atoms. The third-order valence-corrected chi connectivity index (χ3v) is 3.22. The van der Waals surface area contributed by atoms with Crippen molar-refractivity contribution in [2.24, 2.45) is 0 Å². The van der Waals surface area contributed by atoms with E-state index >= 15 is 0 Å². The predicted octanol–water partition coefficient (Wildman–Crippen LogP) is 3.12. The van der Waals surface area contributed by atoms with Crippen LogP contribution >= 0.6 is 0 Å². The highest BCUT2D eigenvalue weighted by molar-refractivity contribution is 5.94. The van der Waals surface area contributed by atoms with Crippen molar-refractivity contribution in [3.05, 3.63) is 74.8 Å². The molecule has 2 aromatic rings. The number of carbonyl (C=O) groups excluding carboxylic acids is 1. The van der Waals surface area contributed by atoms with Gasteiger partial charge in [0, 0.05) is 18.2 Å². The first-order valence-corrected chi connectivity index (χ1v) is 6.66. The standard InChI is InChI=1S/C15H10F4N2O3/c16-10-7-9(12(17)14(19)13(10)18)15(22)20-6-5-8-3-1-2-4-11(8)21(23)24/h1-4,7H,5-6H2,(H,20,22). The molecule has 0 saturated carbocycles. The van der Waals surface area contributed by atoms with Crippen molar-refractivity contribution in [2.45, 2.75) is 6.42 Å². The fourth-order valence-corrected chi connectivity index (χ4v) is 2.04. The van der Waals surface area contributed by atoms with Crippen LogP contribution in [0.15, 0.2) is 30.3 Å². The zero-order valence-corrected chi connectivity index (χ0v) is 12.0. The van der Waals surface area contributed by atoms with Crippen molar-refractivity contribution in [3.63, 3.8) is 0 Å². The molecule has 0 aliphatic heterocycles. The van der Waals surface area contributed by atoms with Gasteiger partial charge in [0.25, 0.3) is 11.6 Å². The Morgan fingerprint density at radius 1 is 1.08 bits per heavy atom. The summed E-state index contributed by atoms with van der Waals surface area (Å²) in [5, 5.41) is 13.0. The number of nitro groups is 1. The van der Waals surface area contributed by atoms with E-state index < -0.39 is 39.7 Å². The van der Waals surface area contributed by atoms with Gasteiger partial charge in [-0.15, -0.1) is 0 Å². The topological polar surface area (TPSA) is 72.2 Å². The molecule has 9 heteroatoms. The lowest BCUT2D eigenvalue weighted by atomic mass is 10.1. The normalized spacial score (nSPS) is 10.5. The number of nitrogens with one attached hydrogen (secondary N) is 1. The van der Waals surface area contributed by atoms with Crippen molar-refractivity contribution in [3.8, 4) is 0 Å². The van der Waals surface area contributed by atoms with Gasteiger partial charge in [-0.3, -0.25) is 14.9 Å². The third-order valence-electron chi connectivity index (χ3n) is 3.22. The van der Waals surface area contributed by atoms with Gasteiger partial charge in [0.1, 0.15) is 0 Å². The average Bonchev–Trinajstić information content (AvgIpc) is 2.56. The smallest absolute Gasteiger partial charge is 0.272 e. The summed E-state index contributed by atoms with van der Waals surface area (Å²) < 4.78 is 52.5. The Hall–Kier alpha value is -2.97. The van der Waals surface area contributed by atoms with Crippen LogP contribution in [0.25, 0.3) is 0 Å². The van der Waals surface area contributed by atoms with Gasteiger partial charge in [-0.1, -0.05) is 18.2 Å². The molecule has 5 nitrogen and oxygen atoms in total. The number of hydrogen-bond acceptors (Lipinski definition) is 3. The molecule has 0 atom stereocenters. The van der Waals surface area contributed by atoms with Crippen molar-refractivity contribution < 1.29 is 27.3 Å². The summed E-state index contributed by atoms with van der Waals surface area (Å²) in [6, 6.07) is 6.03. The molecule has 2 aromatic carbocycles. The van der Waals surface area contributed by atoms with Gasteiger partial charge < -0.3 is 5.32 Å². The minimum atomic E-state index is -2.08. The number of amides is 1. The van der Waals surface area contributed by atoms with Crippen molar-refractivity contribution >= 4 is 11.6 Å². The third kappa shape index (κ3) is 3.50. The van der Waals surface area contributed by atoms with Gasteiger partial charge >= 0.3 is 0 Å². The van der Waals surface area contributed by atoms with Gasteiger partial charge in [0.05, 0.1) is 10.5 Å². The second kappa shape index (κ2) is 7.07. The first-order chi connectivity index (χ1) is 11.3. The molecule has 0 heterocycles. The highest BCUT2D eigenvalue weighted by atomic mass is 19.2. The first kappa shape index (κ1) is 17.4. The molecule has 0 radical (unpaired) electrons. The predicted molar refractivity (Wildman–Crippen MR) is 75.4 cm³/mol. The van der Waals surface area contributed by atoms with Gasteiger partial charge in [0.2, 0.25) is 0 Å². The lowest BCUT2D eigenvalue weighted by molar-refractivity contribution is -0.385. The summed E-state index contributed by atoms with van der Waals surface area (Å²) in [5.41, 5.74) is -0.828. The van der Waals surface area contributed by atoms with Gasteiger partial charge in [-0.05, 0) is 12.5 Å². The Balaban J connectivity index is 2.09. The zero-order chi connectivity index (χ0) is 17.9. The largest absolute Gasteiger partial charge is 0.352 e. The lowest BCUT2D eigenvalue weighted by Crippen LogP contribution is -2.27. The van der Waals surface area contributed by atoms with Crippen LogP contribution in [-0.4, -0.2) is 17.4 Å². The highest BCUT2D eigenvalue weighted by Crippen LogP contribution is 2.19. The maximum Gasteiger partial charge on any atom is 0.272 e. The first-order valence-electron chi connectivity index (χ1n) is 6.66.